The summed E-state index contributed by atoms with van der Waals surface area (Å²) in [5.41, 5.74) is 1.76. The average Bonchev–Trinajstić information content (AvgIpc) is 2.65. The molecule has 140 valence electrons. The molecule has 0 saturated heterocycles. The number of benzene rings is 2. The topological polar surface area (TPSA) is 58.2 Å². The SMILES string of the molecule is C[C@H](CNC(=O)/C=C/c1ccc(Cl)cc1)NC(=O)/C=C\c1ccc(Cl)cc1. The Bertz CT molecular complexity index is 828. The summed E-state index contributed by atoms with van der Waals surface area (Å²) < 4.78 is 0. The number of halogens is 2. The van der Waals surface area contributed by atoms with Gasteiger partial charge >= 0.3 is 0 Å². The minimum atomic E-state index is -0.234. The Balaban J connectivity index is 1.73. The molecule has 0 spiro atoms. The fourth-order valence-corrected chi connectivity index (χ4v) is 2.40. The highest BCUT2D eigenvalue weighted by Gasteiger charge is 2.05. The van der Waals surface area contributed by atoms with E-state index in [1.54, 1.807) is 36.4 Å². The minimum absolute atomic E-state index is 0.208. The first-order chi connectivity index (χ1) is 12.9. The molecule has 0 fully saturated rings. The van der Waals surface area contributed by atoms with Gasteiger partial charge in [0.2, 0.25) is 11.8 Å². The van der Waals surface area contributed by atoms with Crippen molar-refractivity contribution in [3.05, 3.63) is 81.9 Å². The van der Waals surface area contributed by atoms with E-state index < -0.39 is 0 Å². The maximum absolute atomic E-state index is 11.9. The van der Waals surface area contributed by atoms with E-state index in [4.69, 9.17) is 23.2 Å². The van der Waals surface area contributed by atoms with Crippen molar-refractivity contribution < 1.29 is 9.59 Å². The second-order valence-electron chi connectivity index (χ2n) is 5.92. The maximum atomic E-state index is 11.9. The van der Waals surface area contributed by atoms with Gasteiger partial charge in [0.1, 0.15) is 0 Å². The molecule has 0 saturated carbocycles. The van der Waals surface area contributed by atoms with Crippen LogP contribution < -0.4 is 10.6 Å². The van der Waals surface area contributed by atoms with E-state index in [1.807, 2.05) is 31.2 Å². The molecule has 2 N–H and O–H groups in total. The standard InChI is InChI=1S/C21H20Cl2N2O2/c1-15(25-21(27)13-7-17-4-10-19(23)11-5-17)14-24-20(26)12-6-16-2-8-18(22)9-3-16/h2-13,15H,14H2,1H3,(H,24,26)(H,25,27)/b12-6+,13-7-/t15-/m1/s1. The largest absolute Gasteiger partial charge is 0.351 e. The molecule has 27 heavy (non-hydrogen) atoms. The number of carbonyl (C=O) groups excluding carboxylic acids is 2. The van der Waals surface area contributed by atoms with Gasteiger partial charge in [-0.15, -0.1) is 0 Å². The monoisotopic (exact) mass is 402 g/mol. The summed E-state index contributed by atoms with van der Waals surface area (Å²) in [6, 6.07) is 14.1. The fourth-order valence-electron chi connectivity index (χ4n) is 2.15. The van der Waals surface area contributed by atoms with Crippen molar-refractivity contribution in [3.63, 3.8) is 0 Å². The fraction of sp³-hybridized carbons (Fsp3) is 0.143. The number of hydrogen-bond donors (Lipinski definition) is 2. The van der Waals surface area contributed by atoms with E-state index in [0.29, 0.717) is 16.6 Å². The molecule has 0 aromatic heterocycles. The Labute approximate surface area is 168 Å². The van der Waals surface area contributed by atoms with Crippen LogP contribution in [-0.2, 0) is 9.59 Å². The highest BCUT2D eigenvalue weighted by Crippen LogP contribution is 2.11. The van der Waals surface area contributed by atoms with Gasteiger partial charge < -0.3 is 10.6 Å². The zero-order valence-electron chi connectivity index (χ0n) is 14.8. The number of amides is 2. The second-order valence-corrected chi connectivity index (χ2v) is 6.80. The Morgan fingerprint density at radius 1 is 0.852 bits per heavy atom. The number of hydrogen-bond acceptors (Lipinski definition) is 2. The Hall–Kier alpha value is -2.56. The van der Waals surface area contributed by atoms with Crippen molar-refractivity contribution in [2.45, 2.75) is 13.0 Å². The van der Waals surface area contributed by atoms with Crippen LogP contribution in [0.25, 0.3) is 12.2 Å². The Morgan fingerprint density at radius 2 is 1.30 bits per heavy atom. The minimum Gasteiger partial charge on any atom is -0.351 e. The van der Waals surface area contributed by atoms with Crippen LogP contribution in [0, 0.1) is 0 Å². The predicted octanol–water partition coefficient (Wildman–Crippen LogP) is 4.34. The van der Waals surface area contributed by atoms with Gasteiger partial charge in [-0.2, -0.15) is 0 Å². The molecule has 2 aromatic rings. The van der Waals surface area contributed by atoms with E-state index in [2.05, 4.69) is 10.6 Å². The third-order valence-corrected chi connectivity index (χ3v) is 4.07. The summed E-state index contributed by atoms with van der Waals surface area (Å²) in [6.07, 6.45) is 6.29. The molecule has 2 amide bonds. The molecule has 0 unspecified atom stereocenters. The predicted molar refractivity (Wildman–Crippen MR) is 112 cm³/mol. The molecule has 6 heteroatoms. The molecule has 0 aliphatic rings. The zero-order valence-corrected chi connectivity index (χ0v) is 16.3. The first-order valence-electron chi connectivity index (χ1n) is 8.38. The molecule has 1 atom stereocenters. The van der Waals surface area contributed by atoms with E-state index in [0.717, 1.165) is 11.1 Å². The smallest absolute Gasteiger partial charge is 0.244 e. The van der Waals surface area contributed by atoms with Crippen molar-refractivity contribution in [1.82, 2.24) is 10.6 Å². The summed E-state index contributed by atoms with van der Waals surface area (Å²) in [6.45, 7) is 2.14. The summed E-state index contributed by atoms with van der Waals surface area (Å²) >= 11 is 11.6. The summed E-state index contributed by atoms with van der Waals surface area (Å²) in [4.78, 5) is 23.8. The van der Waals surface area contributed by atoms with Crippen molar-refractivity contribution in [2.24, 2.45) is 0 Å². The van der Waals surface area contributed by atoms with Gasteiger partial charge in [-0.3, -0.25) is 9.59 Å². The Kier molecular flexibility index (Phi) is 8.11. The summed E-state index contributed by atoms with van der Waals surface area (Å²) in [7, 11) is 0. The lowest BCUT2D eigenvalue weighted by atomic mass is 10.2. The maximum Gasteiger partial charge on any atom is 0.244 e. The second kappa shape index (κ2) is 10.6. The molecule has 4 nitrogen and oxygen atoms in total. The molecular weight excluding hydrogens is 383 g/mol. The first kappa shape index (κ1) is 20.7. The van der Waals surface area contributed by atoms with Crippen LogP contribution in [0.3, 0.4) is 0 Å². The molecule has 2 rings (SSSR count). The lowest BCUT2D eigenvalue weighted by molar-refractivity contribution is -0.118. The van der Waals surface area contributed by atoms with Crippen LogP contribution in [0.5, 0.6) is 0 Å². The van der Waals surface area contributed by atoms with E-state index in [-0.39, 0.29) is 17.9 Å². The molecular formula is C21H20Cl2N2O2. The van der Waals surface area contributed by atoms with Crippen LogP contribution >= 0.6 is 23.2 Å². The molecule has 2 aromatic carbocycles. The van der Waals surface area contributed by atoms with E-state index in [9.17, 15) is 9.59 Å². The normalized spacial score (nSPS) is 12.3. The van der Waals surface area contributed by atoms with Crippen LogP contribution in [0.1, 0.15) is 18.1 Å². The van der Waals surface area contributed by atoms with Gasteiger partial charge in [-0.1, -0.05) is 47.5 Å². The van der Waals surface area contributed by atoms with Crippen molar-refractivity contribution in [2.75, 3.05) is 6.54 Å². The van der Waals surface area contributed by atoms with Crippen LogP contribution in [-0.4, -0.2) is 24.4 Å². The van der Waals surface area contributed by atoms with Gasteiger partial charge in [0.15, 0.2) is 0 Å². The van der Waals surface area contributed by atoms with Gasteiger partial charge in [0.25, 0.3) is 0 Å². The summed E-state index contributed by atoms with van der Waals surface area (Å²) in [5, 5.41) is 6.82. The molecule has 0 heterocycles. The number of nitrogens with one attached hydrogen (secondary N) is 2. The van der Waals surface area contributed by atoms with Crippen molar-refractivity contribution >= 4 is 47.2 Å². The van der Waals surface area contributed by atoms with Crippen LogP contribution in [0.2, 0.25) is 10.0 Å². The van der Waals surface area contributed by atoms with Gasteiger partial charge in [-0.05, 0) is 54.5 Å². The lowest BCUT2D eigenvalue weighted by Crippen LogP contribution is -2.40. The lowest BCUT2D eigenvalue weighted by Gasteiger charge is -2.12. The average molecular weight is 403 g/mol. The first-order valence-corrected chi connectivity index (χ1v) is 9.13. The van der Waals surface area contributed by atoms with Gasteiger partial charge in [-0.25, -0.2) is 0 Å². The quantitative estimate of drug-likeness (QED) is 0.676. The van der Waals surface area contributed by atoms with Gasteiger partial charge in [0.05, 0.1) is 0 Å². The summed E-state index contributed by atoms with van der Waals surface area (Å²) in [5.74, 6) is -0.467. The van der Waals surface area contributed by atoms with Crippen molar-refractivity contribution in [3.8, 4) is 0 Å². The van der Waals surface area contributed by atoms with Crippen LogP contribution in [0.4, 0.5) is 0 Å². The highest BCUT2D eigenvalue weighted by molar-refractivity contribution is 6.30. The third kappa shape index (κ3) is 8.11. The third-order valence-electron chi connectivity index (χ3n) is 3.57. The molecule has 0 aliphatic heterocycles. The van der Waals surface area contributed by atoms with E-state index >= 15 is 0 Å². The zero-order chi connectivity index (χ0) is 19.6. The van der Waals surface area contributed by atoms with Crippen LogP contribution in [0.15, 0.2) is 60.7 Å². The highest BCUT2D eigenvalue weighted by atomic mass is 35.5. The number of carbonyl (C=O) groups is 2. The molecule has 0 radical (unpaired) electrons. The molecule has 0 aliphatic carbocycles. The van der Waals surface area contributed by atoms with Crippen molar-refractivity contribution in [1.29, 1.82) is 0 Å². The molecule has 0 bridgehead atoms. The number of rotatable bonds is 7. The van der Waals surface area contributed by atoms with E-state index in [1.165, 1.54) is 12.2 Å². The van der Waals surface area contributed by atoms with Gasteiger partial charge in [0, 0.05) is 34.8 Å². The Morgan fingerprint density at radius 3 is 1.78 bits per heavy atom.